The molecule has 3 saturated heterocycles. The Kier molecular flexibility index (Phi) is 14.8. The van der Waals surface area contributed by atoms with E-state index in [1.54, 1.807) is 0 Å². The summed E-state index contributed by atoms with van der Waals surface area (Å²) in [5.74, 6) is -0.790. The molecule has 6 aromatic rings. The minimum absolute atomic E-state index is 0.0100. The van der Waals surface area contributed by atoms with Crippen LogP contribution in [-0.2, 0) is 71.0 Å². The highest BCUT2D eigenvalue weighted by Crippen LogP contribution is 2.68. The van der Waals surface area contributed by atoms with Crippen LogP contribution in [0.5, 0.6) is 0 Å². The van der Waals surface area contributed by atoms with E-state index < -0.39 is 136 Å². The van der Waals surface area contributed by atoms with Crippen LogP contribution in [0.1, 0.15) is 18.7 Å². The minimum Gasteiger partial charge on any atom is -0.387 e. The maximum Gasteiger partial charge on any atom is 0.490 e. The predicted molar refractivity (Wildman–Crippen MR) is 238 cm³/mol. The second-order valence-corrected chi connectivity index (χ2v) is 22.5. The lowest BCUT2D eigenvalue weighted by atomic mass is 10.1. The molecule has 410 valence electrons. The van der Waals surface area contributed by atoms with Crippen LogP contribution in [0.25, 0.3) is 33.5 Å². The van der Waals surface area contributed by atoms with E-state index in [1.807, 2.05) is 0 Å². The first kappa shape index (κ1) is 54.6. The number of anilines is 3. The number of nitrogens with zero attached hydrogens (tertiary/aromatic N) is 10. The van der Waals surface area contributed by atoms with Gasteiger partial charge in [0.15, 0.2) is 47.6 Å². The summed E-state index contributed by atoms with van der Waals surface area (Å²) in [4.78, 5) is 95.1. The number of aliphatic hydroxyl groups is 3. The molecule has 6 aromatic heterocycles. The Morgan fingerprint density at radius 3 is 1.95 bits per heavy atom. The molecule has 16 atom stereocenters. The first-order valence-electron chi connectivity index (χ1n) is 21.1. The van der Waals surface area contributed by atoms with E-state index in [2.05, 4.69) is 48.5 Å². The van der Waals surface area contributed by atoms with Crippen LogP contribution < -0.4 is 32.9 Å². The number of imidazole rings is 3. The number of phosphoric ester groups is 3. The van der Waals surface area contributed by atoms with E-state index in [1.165, 1.54) is 22.5 Å². The number of methoxy groups -OCH3 is 1. The largest absolute Gasteiger partial charge is 0.490 e. The highest BCUT2D eigenvalue weighted by Gasteiger charge is 2.54. The normalized spacial score (nSPS) is 30.5. The zero-order chi connectivity index (χ0) is 54.3. The molecule has 0 bridgehead atoms. The minimum atomic E-state index is -6.22. The molecule has 75 heavy (non-hydrogen) atoms. The van der Waals surface area contributed by atoms with Gasteiger partial charge in [-0.1, -0.05) is 4.98 Å². The molecular weight excluding hydrogens is 1110 g/mol. The molecule has 3 aliphatic rings. The molecule has 9 heterocycles. The van der Waals surface area contributed by atoms with Crippen molar-refractivity contribution in [1.82, 2.24) is 53.6 Å². The number of alkyl halides is 1. The summed E-state index contributed by atoms with van der Waals surface area (Å²) in [6.07, 6.45) is -17.3. The number of nitrogens with one attached hydrogen (secondary N) is 2. The zero-order valence-electron chi connectivity index (χ0n) is 37.9. The SMILES string of the molecule is CO[C@@H]1[C@H](O)[C@@H]([n+]2cn(C)c3c(=O)[nH]c(N)nc32)O[C@H]1COP(=O)(O)OP(=O)(O)OP(=O)(O)OC[C@H]1O[C@@H](n2cnc3c(N)ncnc32)[C@H](F)[C@@H]1OP(=O)(O)OC[C@H]1O[C@@H](n2cnc3c(=O)[nH]c(N)nc32)[C@H](O)[C@@H]1O. The maximum atomic E-state index is 16.5. The molecular formula is C32H43FN15O23P4+. The van der Waals surface area contributed by atoms with Crippen molar-refractivity contribution >= 4 is 82.5 Å². The Hall–Kier alpha value is -5.18. The molecule has 0 radical (unpaired) electrons. The number of aryl methyl sites for hydroxylation is 1. The quantitative estimate of drug-likeness (QED) is 0.0274. The van der Waals surface area contributed by atoms with Crippen LogP contribution in [0, 0.1) is 0 Å². The third-order valence-corrected chi connectivity index (χ3v) is 16.7. The van der Waals surface area contributed by atoms with Crippen molar-refractivity contribution in [3.8, 4) is 0 Å². The molecule has 0 amide bonds. The van der Waals surface area contributed by atoms with Gasteiger partial charge in [0.1, 0.15) is 60.7 Å². The average Bonchev–Trinajstić information content (AvgIpc) is 4.16. The number of hydrogen-bond donors (Lipinski definition) is 12. The van der Waals surface area contributed by atoms with Crippen molar-refractivity contribution in [3.63, 3.8) is 0 Å². The Bertz CT molecular complexity index is 3470. The maximum absolute atomic E-state index is 16.5. The summed E-state index contributed by atoms with van der Waals surface area (Å²) in [6.45, 7) is -3.52. The van der Waals surface area contributed by atoms with Crippen molar-refractivity contribution in [2.24, 2.45) is 7.05 Å². The molecule has 0 aliphatic carbocycles. The van der Waals surface area contributed by atoms with Crippen LogP contribution in [0.4, 0.5) is 22.1 Å². The van der Waals surface area contributed by atoms with Gasteiger partial charge in [0.05, 0.1) is 39.5 Å². The number of halogens is 1. The summed E-state index contributed by atoms with van der Waals surface area (Å²) >= 11 is 0. The fraction of sp³-hybridized carbons (Fsp3) is 0.531. The molecule has 4 unspecified atom stereocenters. The van der Waals surface area contributed by atoms with E-state index in [9.17, 15) is 62.7 Å². The third kappa shape index (κ3) is 10.9. The average molecular weight is 1150 g/mol. The lowest BCUT2D eigenvalue weighted by molar-refractivity contribution is -0.745. The number of fused-ring (bicyclic) bond motifs is 3. The number of hydrogen-bond acceptors (Lipinski definition) is 28. The summed E-state index contributed by atoms with van der Waals surface area (Å²) < 4.78 is 124. The Morgan fingerprint density at radius 1 is 0.707 bits per heavy atom. The first-order chi connectivity index (χ1) is 35.2. The fourth-order valence-corrected chi connectivity index (χ4v) is 12.8. The summed E-state index contributed by atoms with van der Waals surface area (Å²) in [5, 5.41) is 32.7. The van der Waals surface area contributed by atoms with Crippen LogP contribution in [-0.4, -0.2) is 170 Å². The highest BCUT2D eigenvalue weighted by molar-refractivity contribution is 7.66. The van der Waals surface area contributed by atoms with Gasteiger partial charge >= 0.3 is 36.9 Å². The predicted octanol–water partition coefficient (Wildman–Crippen LogP) is -3.73. The van der Waals surface area contributed by atoms with Crippen molar-refractivity contribution < 1.29 is 108 Å². The van der Waals surface area contributed by atoms with Gasteiger partial charge in [0.25, 0.3) is 17.1 Å². The zero-order valence-corrected chi connectivity index (χ0v) is 41.5. The molecule has 43 heteroatoms. The smallest absolute Gasteiger partial charge is 0.387 e. The van der Waals surface area contributed by atoms with E-state index in [0.29, 0.717) is 0 Å². The van der Waals surface area contributed by atoms with Gasteiger partial charge in [0, 0.05) is 7.11 Å². The topological polar surface area (TPSA) is 542 Å². The van der Waals surface area contributed by atoms with Crippen molar-refractivity contribution in [2.75, 3.05) is 44.1 Å². The van der Waals surface area contributed by atoms with Gasteiger partial charge in [-0.15, -0.1) is 0 Å². The van der Waals surface area contributed by atoms with E-state index in [-0.39, 0.29) is 51.2 Å². The van der Waals surface area contributed by atoms with E-state index in [4.69, 9.17) is 54.2 Å². The third-order valence-electron chi connectivity index (χ3n) is 11.5. The van der Waals surface area contributed by atoms with Crippen LogP contribution in [0.15, 0.2) is 34.9 Å². The number of aromatic amines is 2. The first-order valence-corrected chi connectivity index (χ1v) is 27.1. The number of aromatic nitrogens is 12. The van der Waals surface area contributed by atoms with Crippen molar-refractivity contribution in [1.29, 1.82) is 0 Å². The monoisotopic (exact) mass is 1150 g/mol. The lowest BCUT2D eigenvalue weighted by Gasteiger charge is -2.24. The Labute approximate surface area is 414 Å². The molecule has 0 saturated carbocycles. The van der Waals surface area contributed by atoms with E-state index >= 15 is 4.39 Å². The number of aliphatic hydroxyl groups excluding tert-OH is 3. The lowest BCUT2D eigenvalue weighted by Crippen LogP contribution is -2.46. The van der Waals surface area contributed by atoms with Gasteiger partial charge in [-0.25, -0.2) is 47.2 Å². The number of nitrogen functional groups attached to an aromatic ring is 3. The van der Waals surface area contributed by atoms with Crippen LogP contribution in [0.2, 0.25) is 0 Å². The Morgan fingerprint density at radius 2 is 1.28 bits per heavy atom. The molecule has 0 spiro atoms. The standard InChI is InChI=1S/C32H42FN15O23P4/c1-45-9-48(25-16(45)27(53)44-32(36)42-25)30-19(51)21(62-2)12(68-30)5-65-74(58,59)71-75(60,61)70-73(56,57)64-4-11-20(13(33)28(67-11)46-7-39-14-22(34)37-6-38-23(14)46)69-72(54,55)63-3-10-17(49)18(50)29(66-10)47-8-40-15-24(47)41-31(35)43-26(15)52/h6-13,17-21,28-30,49-51H,3-5H2,1-2H3,(H11-,34,35,36,37,38,41,42,43,44,52,53,54,55,56,57,58,59,60,61)/p+1/t10-,11-,12+,13-,17-,18-,19+,20-,21+,28-,29-,30+/m1/s1. The summed E-state index contributed by atoms with van der Waals surface area (Å²) in [6, 6.07) is 0. The summed E-state index contributed by atoms with van der Waals surface area (Å²) in [7, 11) is -21.1. The number of ether oxygens (including phenoxy) is 4. The van der Waals surface area contributed by atoms with Gasteiger partial charge in [0.2, 0.25) is 17.7 Å². The number of phosphoric acid groups is 4. The highest BCUT2D eigenvalue weighted by atomic mass is 31.3. The van der Waals surface area contributed by atoms with Crippen molar-refractivity contribution in [3.05, 3.63) is 46.0 Å². The number of H-pyrrole nitrogens is 2. The van der Waals surface area contributed by atoms with Crippen LogP contribution in [0.3, 0.4) is 0 Å². The number of nitrogens with two attached hydrogens (primary N) is 3. The van der Waals surface area contributed by atoms with Crippen LogP contribution >= 0.6 is 31.3 Å². The van der Waals surface area contributed by atoms with Gasteiger partial charge in [-0.05, 0) is 0 Å². The molecule has 3 aliphatic heterocycles. The fourth-order valence-electron chi connectivity index (χ4n) is 8.30. The molecule has 15 N–H and O–H groups in total. The van der Waals surface area contributed by atoms with E-state index in [0.717, 1.165) is 35.2 Å². The number of rotatable bonds is 19. The van der Waals surface area contributed by atoms with Crippen molar-refractivity contribution in [2.45, 2.75) is 73.7 Å². The summed E-state index contributed by atoms with van der Waals surface area (Å²) in [5.41, 5.74) is 15.1. The molecule has 38 nitrogen and oxygen atoms in total. The molecule has 3 fully saturated rings. The molecule has 0 aromatic carbocycles. The molecule has 9 rings (SSSR count). The second-order valence-electron chi connectivity index (χ2n) is 16.4. The van der Waals surface area contributed by atoms with Gasteiger partial charge in [-0.3, -0.25) is 51.4 Å². The van der Waals surface area contributed by atoms with Gasteiger partial charge in [-0.2, -0.15) is 13.6 Å². The van der Waals surface area contributed by atoms with Gasteiger partial charge < -0.3 is 71.0 Å². The Balaban J connectivity index is 0.855. The second kappa shape index (κ2) is 20.3.